The lowest BCUT2D eigenvalue weighted by atomic mass is 10.1. The molecule has 0 fully saturated rings. The Balaban J connectivity index is 1.98. The number of sulfonamides is 1. The van der Waals surface area contributed by atoms with Crippen molar-refractivity contribution in [3.05, 3.63) is 72.3 Å². The molecule has 8 nitrogen and oxygen atoms in total. The zero-order chi connectivity index (χ0) is 25.6. The number of nitrogens with zero attached hydrogens (tertiary/aromatic N) is 2. The maximum atomic E-state index is 13.6. The minimum Gasteiger partial charge on any atom is -0.497 e. The molecular formula is C26H31N3O5S. The highest BCUT2D eigenvalue weighted by Crippen LogP contribution is 2.28. The van der Waals surface area contributed by atoms with E-state index < -0.39 is 28.5 Å². The van der Waals surface area contributed by atoms with Crippen LogP contribution in [0.1, 0.15) is 19.4 Å². The van der Waals surface area contributed by atoms with Gasteiger partial charge >= 0.3 is 0 Å². The summed E-state index contributed by atoms with van der Waals surface area (Å²) < 4.78 is 32.0. The number of benzene rings is 3. The van der Waals surface area contributed by atoms with E-state index in [9.17, 15) is 18.0 Å². The van der Waals surface area contributed by atoms with Gasteiger partial charge in [0.05, 0.1) is 19.1 Å². The van der Waals surface area contributed by atoms with Gasteiger partial charge in [0, 0.05) is 18.5 Å². The zero-order valence-electron chi connectivity index (χ0n) is 20.4. The van der Waals surface area contributed by atoms with E-state index in [4.69, 9.17) is 4.74 Å². The Morgan fingerprint density at radius 3 is 2.29 bits per heavy atom. The number of nitrogens with one attached hydrogen (secondary N) is 1. The second-order valence-corrected chi connectivity index (χ2v) is 10.1. The van der Waals surface area contributed by atoms with Crippen LogP contribution in [0.4, 0.5) is 5.69 Å². The van der Waals surface area contributed by atoms with Gasteiger partial charge in [-0.1, -0.05) is 48.5 Å². The van der Waals surface area contributed by atoms with Gasteiger partial charge in [-0.25, -0.2) is 8.42 Å². The zero-order valence-corrected chi connectivity index (χ0v) is 21.2. The molecule has 1 N–H and O–H groups in total. The monoisotopic (exact) mass is 497 g/mol. The molecule has 0 saturated carbocycles. The Morgan fingerprint density at radius 2 is 1.66 bits per heavy atom. The van der Waals surface area contributed by atoms with Crippen LogP contribution in [0.3, 0.4) is 0 Å². The van der Waals surface area contributed by atoms with Crippen LogP contribution in [0, 0.1) is 0 Å². The van der Waals surface area contributed by atoms with E-state index >= 15 is 0 Å². The molecule has 1 atom stereocenters. The van der Waals surface area contributed by atoms with Gasteiger partial charge in [-0.2, -0.15) is 0 Å². The highest BCUT2D eigenvalue weighted by Gasteiger charge is 2.30. The minimum absolute atomic E-state index is 0.133. The van der Waals surface area contributed by atoms with Crippen LogP contribution in [0.2, 0.25) is 0 Å². The summed E-state index contributed by atoms with van der Waals surface area (Å²) in [6, 6.07) is 19.1. The Labute approximate surface area is 206 Å². The Bertz CT molecular complexity index is 1290. The molecule has 0 saturated heterocycles. The third kappa shape index (κ3) is 6.30. The van der Waals surface area contributed by atoms with Crippen LogP contribution in [0.5, 0.6) is 5.75 Å². The second kappa shape index (κ2) is 11.2. The topological polar surface area (TPSA) is 96.0 Å². The van der Waals surface area contributed by atoms with Gasteiger partial charge in [0.1, 0.15) is 18.3 Å². The lowest BCUT2D eigenvalue weighted by Gasteiger charge is -2.31. The fraction of sp³-hybridized carbons (Fsp3) is 0.308. The Kier molecular flexibility index (Phi) is 8.34. The molecule has 0 unspecified atom stereocenters. The average molecular weight is 498 g/mol. The predicted molar refractivity (Wildman–Crippen MR) is 138 cm³/mol. The molecule has 0 aliphatic carbocycles. The number of carbonyl (C=O) groups is 2. The second-order valence-electron chi connectivity index (χ2n) is 8.21. The SMILES string of the molecule is CCNC(=O)[C@@H](C)N(Cc1ccc(OC)cc1)C(=O)CN(c1cccc2ccccc12)S(C)(=O)=O. The van der Waals surface area contributed by atoms with Gasteiger partial charge in [0.2, 0.25) is 21.8 Å². The van der Waals surface area contributed by atoms with Gasteiger partial charge in [-0.05, 0) is 43.0 Å². The first kappa shape index (κ1) is 26.0. The van der Waals surface area contributed by atoms with Crippen LogP contribution in [0.15, 0.2) is 66.7 Å². The molecule has 0 aromatic heterocycles. The van der Waals surface area contributed by atoms with Crippen LogP contribution in [0.25, 0.3) is 10.8 Å². The van der Waals surface area contributed by atoms with Gasteiger partial charge in [-0.15, -0.1) is 0 Å². The lowest BCUT2D eigenvalue weighted by molar-refractivity contribution is -0.139. The molecule has 0 aliphatic heterocycles. The minimum atomic E-state index is -3.81. The number of hydrogen-bond acceptors (Lipinski definition) is 5. The van der Waals surface area contributed by atoms with E-state index in [0.717, 1.165) is 21.5 Å². The molecule has 0 heterocycles. The number of anilines is 1. The maximum absolute atomic E-state index is 13.6. The summed E-state index contributed by atoms with van der Waals surface area (Å²) in [6.07, 6.45) is 1.07. The lowest BCUT2D eigenvalue weighted by Crippen LogP contribution is -2.51. The van der Waals surface area contributed by atoms with E-state index in [-0.39, 0.29) is 12.5 Å². The van der Waals surface area contributed by atoms with Gasteiger partial charge in [0.15, 0.2) is 0 Å². The molecule has 0 spiro atoms. The molecule has 186 valence electrons. The average Bonchev–Trinajstić information content (AvgIpc) is 2.85. The normalized spacial score (nSPS) is 12.1. The largest absolute Gasteiger partial charge is 0.497 e. The number of rotatable bonds is 10. The molecule has 0 aliphatic rings. The number of amides is 2. The molecule has 3 aromatic carbocycles. The van der Waals surface area contributed by atoms with Gasteiger partial charge in [-0.3, -0.25) is 13.9 Å². The first-order valence-electron chi connectivity index (χ1n) is 11.3. The van der Waals surface area contributed by atoms with E-state index in [1.807, 2.05) is 42.5 Å². The van der Waals surface area contributed by atoms with Crippen molar-refractivity contribution in [2.75, 3.05) is 30.8 Å². The summed E-state index contributed by atoms with van der Waals surface area (Å²) in [5, 5.41) is 4.31. The summed E-state index contributed by atoms with van der Waals surface area (Å²) in [7, 11) is -2.24. The molecule has 3 aromatic rings. The van der Waals surface area contributed by atoms with Crippen molar-refractivity contribution in [2.24, 2.45) is 0 Å². The third-order valence-corrected chi connectivity index (χ3v) is 6.87. The van der Waals surface area contributed by atoms with Crippen LogP contribution >= 0.6 is 0 Å². The van der Waals surface area contributed by atoms with E-state index in [1.54, 1.807) is 45.2 Å². The number of hydrogen-bond donors (Lipinski definition) is 1. The molecule has 0 bridgehead atoms. The number of likely N-dealkylation sites (N-methyl/N-ethyl adjacent to an activating group) is 1. The molecule has 9 heteroatoms. The highest BCUT2D eigenvalue weighted by atomic mass is 32.2. The Hall–Kier alpha value is -3.59. The number of ether oxygens (including phenoxy) is 1. The fourth-order valence-corrected chi connectivity index (χ4v) is 4.71. The van der Waals surface area contributed by atoms with E-state index in [0.29, 0.717) is 23.4 Å². The van der Waals surface area contributed by atoms with E-state index in [2.05, 4.69) is 5.32 Å². The van der Waals surface area contributed by atoms with Crippen molar-refractivity contribution in [2.45, 2.75) is 26.4 Å². The summed E-state index contributed by atoms with van der Waals surface area (Å²) in [5.74, 6) is -0.133. The number of methoxy groups -OCH3 is 1. The standard InChI is InChI=1S/C26H31N3O5S/c1-5-27-26(31)19(2)28(17-20-13-15-22(34-3)16-14-20)25(30)18-29(35(4,32)33)24-12-8-10-21-9-6-7-11-23(21)24/h6-16,19H,5,17-18H2,1-4H3,(H,27,31)/t19-/m1/s1. The Morgan fingerprint density at radius 1 is 1.00 bits per heavy atom. The summed E-state index contributed by atoms with van der Waals surface area (Å²) in [5.41, 5.74) is 1.19. The van der Waals surface area contributed by atoms with E-state index in [1.165, 1.54) is 4.90 Å². The quantitative estimate of drug-likeness (QED) is 0.464. The van der Waals surface area contributed by atoms with Crippen molar-refractivity contribution >= 4 is 38.3 Å². The number of fused-ring (bicyclic) bond motifs is 1. The summed E-state index contributed by atoms with van der Waals surface area (Å²) in [4.78, 5) is 27.7. The summed E-state index contributed by atoms with van der Waals surface area (Å²) >= 11 is 0. The summed E-state index contributed by atoms with van der Waals surface area (Å²) in [6.45, 7) is 3.54. The van der Waals surface area contributed by atoms with Crippen LogP contribution < -0.4 is 14.4 Å². The smallest absolute Gasteiger partial charge is 0.244 e. The predicted octanol–water partition coefficient (Wildman–Crippen LogP) is 3.17. The first-order chi connectivity index (χ1) is 16.7. The van der Waals surface area contributed by atoms with Gasteiger partial charge < -0.3 is 15.0 Å². The van der Waals surface area contributed by atoms with Crippen molar-refractivity contribution < 1.29 is 22.7 Å². The van der Waals surface area contributed by atoms with Crippen molar-refractivity contribution in [3.63, 3.8) is 0 Å². The number of carbonyl (C=O) groups excluding carboxylic acids is 2. The molecule has 3 rings (SSSR count). The third-order valence-electron chi connectivity index (χ3n) is 5.74. The highest BCUT2D eigenvalue weighted by molar-refractivity contribution is 7.92. The molecule has 35 heavy (non-hydrogen) atoms. The van der Waals surface area contributed by atoms with Crippen LogP contribution in [-0.4, -0.2) is 57.6 Å². The van der Waals surface area contributed by atoms with Crippen molar-refractivity contribution in [1.29, 1.82) is 0 Å². The molecule has 0 radical (unpaired) electrons. The van der Waals surface area contributed by atoms with Crippen molar-refractivity contribution in [3.8, 4) is 5.75 Å². The maximum Gasteiger partial charge on any atom is 0.244 e. The van der Waals surface area contributed by atoms with Crippen LogP contribution in [-0.2, 0) is 26.2 Å². The van der Waals surface area contributed by atoms with Crippen molar-refractivity contribution in [1.82, 2.24) is 10.2 Å². The molecule has 2 amide bonds. The fourth-order valence-electron chi connectivity index (χ4n) is 3.85. The molecular weight excluding hydrogens is 466 g/mol. The first-order valence-corrected chi connectivity index (χ1v) is 13.2. The van der Waals surface area contributed by atoms with Gasteiger partial charge in [0.25, 0.3) is 0 Å².